The van der Waals surface area contributed by atoms with Gasteiger partial charge in [-0.2, -0.15) is 5.26 Å². The maximum Gasteiger partial charge on any atom is 0.224 e. The standard InChI is InChI=1S/C17H23N3O/c1-19(12-6-11-18)17(21)10-14-20-13-5-4-8-15-7-2-3-9-16(15)20/h2-3,7,9H,4-6,8,10,12-14H2,1H3. The zero-order chi connectivity index (χ0) is 15.1. The first-order valence-electron chi connectivity index (χ1n) is 7.66. The molecular formula is C17H23N3O. The van der Waals surface area contributed by atoms with Gasteiger partial charge in [-0.1, -0.05) is 18.2 Å². The highest BCUT2D eigenvalue weighted by atomic mass is 16.2. The third kappa shape index (κ3) is 4.22. The third-order valence-electron chi connectivity index (χ3n) is 4.04. The number of aryl methyl sites for hydroxylation is 1. The van der Waals surface area contributed by atoms with Crippen molar-refractivity contribution < 1.29 is 4.79 Å². The number of carbonyl (C=O) groups excluding carboxylic acids is 1. The van der Waals surface area contributed by atoms with Crippen molar-refractivity contribution in [3.05, 3.63) is 29.8 Å². The van der Waals surface area contributed by atoms with Gasteiger partial charge in [0, 0.05) is 38.8 Å². The van der Waals surface area contributed by atoms with E-state index in [4.69, 9.17) is 5.26 Å². The van der Waals surface area contributed by atoms with Crippen molar-refractivity contribution in [3.8, 4) is 6.07 Å². The molecule has 0 saturated heterocycles. The molecule has 1 amide bonds. The molecule has 0 atom stereocenters. The number of hydrogen-bond donors (Lipinski definition) is 0. The van der Waals surface area contributed by atoms with Crippen molar-refractivity contribution in [2.75, 3.05) is 31.6 Å². The smallest absolute Gasteiger partial charge is 0.224 e. The van der Waals surface area contributed by atoms with Crippen LogP contribution in [0.2, 0.25) is 0 Å². The average molecular weight is 285 g/mol. The van der Waals surface area contributed by atoms with Crippen molar-refractivity contribution in [1.82, 2.24) is 4.90 Å². The second-order valence-electron chi connectivity index (χ2n) is 5.55. The Labute approximate surface area is 127 Å². The summed E-state index contributed by atoms with van der Waals surface area (Å²) in [6.45, 7) is 2.30. The van der Waals surface area contributed by atoms with Crippen LogP contribution in [-0.2, 0) is 11.2 Å². The van der Waals surface area contributed by atoms with E-state index in [1.807, 2.05) is 0 Å². The molecule has 1 aromatic rings. The summed E-state index contributed by atoms with van der Waals surface area (Å²) in [6, 6.07) is 10.6. The second kappa shape index (κ2) is 7.68. The number of fused-ring (bicyclic) bond motifs is 1. The van der Waals surface area contributed by atoms with Crippen molar-refractivity contribution in [2.45, 2.75) is 32.1 Å². The number of nitriles is 1. The maximum atomic E-state index is 12.1. The summed E-state index contributed by atoms with van der Waals surface area (Å²) >= 11 is 0. The van der Waals surface area contributed by atoms with Crippen LogP contribution in [0.3, 0.4) is 0 Å². The highest BCUT2D eigenvalue weighted by Crippen LogP contribution is 2.26. The first-order valence-corrected chi connectivity index (χ1v) is 7.66. The molecule has 21 heavy (non-hydrogen) atoms. The SMILES string of the molecule is CN(CCC#N)C(=O)CCN1CCCCc2ccccc21. The highest BCUT2D eigenvalue weighted by molar-refractivity contribution is 5.76. The van der Waals surface area contributed by atoms with Crippen LogP contribution >= 0.6 is 0 Å². The lowest BCUT2D eigenvalue weighted by Crippen LogP contribution is -2.33. The van der Waals surface area contributed by atoms with E-state index < -0.39 is 0 Å². The van der Waals surface area contributed by atoms with E-state index in [2.05, 4.69) is 35.2 Å². The molecule has 0 spiro atoms. The molecule has 0 bridgehead atoms. The lowest BCUT2D eigenvalue weighted by Gasteiger charge is -2.25. The van der Waals surface area contributed by atoms with E-state index in [0.717, 1.165) is 19.5 Å². The van der Waals surface area contributed by atoms with Crippen LogP contribution in [0.15, 0.2) is 24.3 Å². The molecule has 0 radical (unpaired) electrons. The number of anilines is 1. The molecule has 0 N–H and O–H groups in total. The van der Waals surface area contributed by atoms with Gasteiger partial charge in [-0.3, -0.25) is 4.79 Å². The Balaban J connectivity index is 1.94. The summed E-state index contributed by atoms with van der Waals surface area (Å²) in [5.41, 5.74) is 2.67. The van der Waals surface area contributed by atoms with Crippen LogP contribution in [0, 0.1) is 11.3 Å². The lowest BCUT2D eigenvalue weighted by molar-refractivity contribution is -0.129. The molecule has 112 valence electrons. The summed E-state index contributed by atoms with van der Waals surface area (Å²) in [5, 5.41) is 8.57. The Hall–Kier alpha value is -2.02. The molecule has 0 fully saturated rings. The van der Waals surface area contributed by atoms with Gasteiger partial charge in [-0.05, 0) is 30.9 Å². The Morgan fingerprint density at radius 1 is 1.38 bits per heavy atom. The van der Waals surface area contributed by atoms with E-state index in [9.17, 15) is 4.79 Å². The molecule has 0 unspecified atom stereocenters. The van der Waals surface area contributed by atoms with Gasteiger partial charge in [-0.25, -0.2) is 0 Å². The van der Waals surface area contributed by atoms with Gasteiger partial charge in [0.1, 0.15) is 0 Å². The van der Waals surface area contributed by atoms with Crippen LogP contribution in [-0.4, -0.2) is 37.5 Å². The Morgan fingerprint density at radius 3 is 3.00 bits per heavy atom. The number of nitrogens with zero attached hydrogens (tertiary/aromatic N) is 3. The molecule has 1 aromatic carbocycles. The monoisotopic (exact) mass is 285 g/mol. The van der Waals surface area contributed by atoms with Crippen molar-refractivity contribution >= 4 is 11.6 Å². The zero-order valence-corrected chi connectivity index (χ0v) is 12.7. The van der Waals surface area contributed by atoms with Gasteiger partial charge in [-0.15, -0.1) is 0 Å². The van der Waals surface area contributed by atoms with Gasteiger partial charge < -0.3 is 9.80 Å². The molecule has 1 heterocycles. The number of para-hydroxylation sites is 1. The molecule has 1 aliphatic heterocycles. The fourth-order valence-electron chi connectivity index (χ4n) is 2.77. The van der Waals surface area contributed by atoms with E-state index in [0.29, 0.717) is 19.4 Å². The minimum atomic E-state index is 0.118. The number of carbonyl (C=O) groups is 1. The van der Waals surface area contributed by atoms with Crippen LogP contribution < -0.4 is 4.90 Å². The summed E-state index contributed by atoms with van der Waals surface area (Å²) in [5.74, 6) is 0.118. The molecule has 4 nitrogen and oxygen atoms in total. The minimum Gasteiger partial charge on any atom is -0.371 e. The third-order valence-corrected chi connectivity index (χ3v) is 4.04. The van der Waals surface area contributed by atoms with Gasteiger partial charge in [0.05, 0.1) is 12.5 Å². The highest BCUT2D eigenvalue weighted by Gasteiger charge is 2.16. The van der Waals surface area contributed by atoms with Gasteiger partial charge in [0.25, 0.3) is 0 Å². The van der Waals surface area contributed by atoms with Crippen LogP contribution in [0.1, 0.15) is 31.2 Å². The maximum absolute atomic E-state index is 12.1. The predicted octanol–water partition coefficient (Wildman–Crippen LogP) is 2.59. The Bertz CT molecular complexity index is 521. The minimum absolute atomic E-state index is 0.118. The second-order valence-corrected chi connectivity index (χ2v) is 5.55. The fourth-order valence-corrected chi connectivity index (χ4v) is 2.77. The van der Waals surface area contributed by atoms with E-state index in [-0.39, 0.29) is 5.91 Å². The summed E-state index contributed by atoms with van der Waals surface area (Å²) in [4.78, 5) is 16.1. The summed E-state index contributed by atoms with van der Waals surface area (Å²) in [7, 11) is 1.77. The van der Waals surface area contributed by atoms with Crippen LogP contribution in [0.5, 0.6) is 0 Å². The number of benzene rings is 1. The van der Waals surface area contributed by atoms with Gasteiger partial charge >= 0.3 is 0 Å². The molecular weight excluding hydrogens is 262 g/mol. The number of hydrogen-bond acceptors (Lipinski definition) is 3. The zero-order valence-electron chi connectivity index (χ0n) is 12.7. The van der Waals surface area contributed by atoms with Gasteiger partial charge in [0.15, 0.2) is 0 Å². The molecule has 0 aliphatic carbocycles. The average Bonchev–Trinajstić information content (AvgIpc) is 2.72. The van der Waals surface area contributed by atoms with Crippen LogP contribution in [0.25, 0.3) is 0 Å². The fraction of sp³-hybridized carbons (Fsp3) is 0.529. The Kier molecular flexibility index (Phi) is 5.62. The lowest BCUT2D eigenvalue weighted by atomic mass is 10.1. The van der Waals surface area contributed by atoms with Crippen molar-refractivity contribution in [2.24, 2.45) is 0 Å². The molecule has 1 aliphatic rings. The quantitative estimate of drug-likeness (QED) is 0.835. The molecule has 2 rings (SSSR count). The van der Waals surface area contributed by atoms with Crippen LogP contribution in [0.4, 0.5) is 5.69 Å². The first kappa shape index (κ1) is 15.4. The molecule has 0 saturated carbocycles. The Morgan fingerprint density at radius 2 is 2.19 bits per heavy atom. The number of rotatable bonds is 5. The van der Waals surface area contributed by atoms with E-state index in [1.165, 1.54) is 24.1 Å². The van der Waals surface area contributed by atoms with Crippen molar-refractivity contribution in [1.29, 1.82) is 5.26 Å². The predicted molar refractivity (Wildman–Crippen MR) is 84.1 cm³/mol. The largest absolute Gasteiger partial charge is 0.371 e. The summed E-state index contributed by atoms with van der Waals surface area (Å²) in [6.07, 6.45) is 4.42. The van der Waals surface area contributed by atoms with E-state index >= 15 is 0 Å². The van der Waals surface area contributed by atoms with Crippen molar-refractivity contribution in [3.63, 3.8) is 0 Å². The summed E-state index contributed by atoms with van der Waals surface area (Å²) < 4.78 is 0. The van der Waals surface area contributed by atoms with Gasteiger partial charge in [0.2, 0.25) is 5.91 Å². The first-order chi connectivity index (χ1) is 10.2. The topological polar surface area (TPSA) is 47.3 Å². The number of amides is 1. The normalized spacial score (nSPS) is 14.0. The van der Waals surface area contributed by atoms with E-state index in [1.54, 1.807) is 11.9 Å². The molecule has 0 aromatic heterocycles. The molecule has 4 heteroatoms.